The number of ether oxygens (including phenoxy) is 2. The molecule has 184 valence electrons. The van der Waals surface area contributed by atoms with E-state index in [0.29, 0.717) is 6.42 Å². The van der Waals surface area contributed by atoms with Gasteiger partial charge in [-0.05, 0) is 12.8 Å². The molecule has 31 heavy (non-hydrogen) atoms. The highest BCUT2D eigenvalue weighted by Crippen LogP contribution is 2.22. The average Bonchev–Trinajstić information content (AvgIpc) is 2.77. The number of carbonyl (C=O) groups is 1. The molecule has 1 heterocycles. The zero-order valence-electron chi connectivity index (χ0n) is 18.6. The zero-order valence-corrected chi connectivity index (χ0v) is 18.6. The highest BCUT2D eigenvalue weighted by molar-refractivity contribution is 5.76. The van der Waals surface area contributed by atoms with Gasteiger partial charge in [0.25, 0.3) is 0 Å². The average molecular weight is 452 g/mol. The normalized spacial score (nSPS) is 29.4. The van der Waals surface area contributed by atoms with Crippen LogP contribution in [0.2, 0.25) is 0 Å². The molecule has 0 bridgehead atoms. The van der Waals surface area contributed by atoms with Crippen molar-refractivity contribution in [3.63, 3.8) is 0 Å². The van der Waals surface area contributed by atoms with Crippen LogP contribution in [0.5, 0.6) is 0 Å². The minimum atomic E-state index is -1.59. The molecular formula is C21H41NO9. The van der Waals surface area contributed by atoms with Gasteiger partial charge in [0, 0.05) is 6.42 Å². The summed E-state index contributed by atoms with van der Waals surface area (Å²) in [5.74, 6) is -0.291. The van der Waals surface area contributed by atoms with E-state index in [9.17, 15) is 35.4 Å². The van der Waals surface area contributed by atoms with E-state index in [4.69, 9.17) is 9.47 Å². The third-order valence-electron chi connectivity index (χ3n) is 5.62. The van der Waals surface area contributed by atoms with Gasteiger partial charge in [-0.15, -0.1) is 0 Å². The predicted molar refractivity (Wildman–Crippen MR) is 112 cm³/mol. The third-order valence-corrected chi connectivity index (χ3v) is 5.62. The molecule has 0 saturated carbocycles. The molecule has 7 N–H and O–H groups in total. The second kappa shape index (κ2) is 15.1. The minimum absolute atomic E-state index is 0.255. The minimum Gasteiger partial charge on any atom is -0.394 e. The van der Waals surface area contributed by atoms with Crippen molar-refractivity contribution in [2.24, 2.45) is 0 Å². The molecule has 1 aliphatic heterocycles. The number of rotatable bonds is 15. The summed E-state index contributed by atoms with van der Waals surface area (Å²) in [6.07, 6.45) is -2.95. The standard InChI is InChI=1S/C21H41NO9/c1-3-5-6-7-8-9-10-16(25)22-13(17(26)14(24)4-2)12-30-21-20(29)19(28)18(27)15(11-23)31-21/h13-15,17-21,23-24,26-29H,3-12H2,1-2H3,(H,22,25)/t13-,14+,15?,17-,18?,19?,20?,21?/m0/s1. The summed E-state index contributed by atoms with van der Waals surface area (Å²) in [6, 6.07) is -0.977. The van der Waals surface area contributed by atoms with Crippen LogP contribution in [-0.4, -0.2) is 98.7 Å². The lowest BCUT2D eigenvalue weighted by molar-refractivity contribution is -0.303. The summed E-state index contributed by atoms with van der Waals surface area (Å²) in [5, 5.41) is 62.1. The summed E-state index contributed by atoms with van der Waals surface area (Å²) < 4.78 is 10.7. The Kier molecular flexibility index (Phi) is 13.7. The summed E-state index contributed by atoms with van der Waals surface area (Å²) in [6.45, 7) is 2.90. The second-order valence-corrected chi connectivity index (χ2v) is 8.19. The largest absolute Gasteiger partial charge is 0.394 e. The maximum Gasteiger partial charge on any atom is 0.220 e. The van der Waals surface area contributed by atoms with E-state index >= 15 is 0 Å². The first-order chi connectivity index (χ1) is 14.8. The third kappa shape index (κ3) is 9.27. The molecule has 1 saturated heterocycles. The Balaban J connectivity index is 2.62. The number of carbonyl (C=O) groups excluding carboxylic acids is 1. The predicted octanol–water partition coefficient (Wildman–Crippen LogP) is -0.830. The molecule has 0 aliphatic carbocycles. The van der Waals surface area contributed by atoms with E-state index in [1.165, 1.54) is 6.42 Å². The first kappa shape index (κ1) is 28.2. The van der Waals surface area contributed by atoms with Crippen LogP contribution in [0.1, 0.15) is 65.2 Å². The van der Waals surface area contributed by atoms with E-state index in [-0.39, 0.29) is 25.4 Å². The Bertz CT molecular complexity index is 493. The summed E-state index contributed by atoms with van der Waals surface area (Å²) >= 11 is 0. The van der Waals surface area contributed by atoms with E-state index in [2.05, 4.69) is 12.2 Å². The van der Waals surface area contributed by atoms with Crippen molar-refractivity contribution < 1.29 is 44.9 Å². The van der Waals surface area contributed by atoms with Gasteiger partial charge in [0.1, 0.15) is 30.5 Å². The molecule has 0 aromatic carbocycles. The van der Waals surface area contributed by atoms with E-state index in [1.54, 1.807) is 6.92 Å². The Morgan fingerprint density at radius 3 is 2.26 bits per heavy atom. The molecule has 1 aliphatic rings. The first-order valence-electron chi connectivity index (χ1n) is 11.3. The van der Waals surface area contributed by atoms with Crippen LogP contribution < -0.4 is 5.32 Å². The monoisotopic (exact) mass is 451 g/mol. The van der Waals surface area contributed by atoms with Gasteiger partial charge in [-0.3, -0.25) is 4.79 Å². The fourth-order valence-corrected chi connectivity index (χ4v) is 3.48. The maximum absolute atomic E-state index is 12.3. The lowest BCUT2D eigenvalue weighted by atomic mass is 9.99. The van der Waals surface area contributed by atoms with Crippen LogP contribution in [0.3, 0.4) is 0 Å². The fraction of sp³-hybridized carbons (Fsp3) is 0.952. The summed E-state index contributed by atoms with van der Waals surface area (Å²) in [4.78, 5) is 12.3. The van der Waals surface area contributed by atoms with E-state index in [1.807, 2.05) is 0 Å². The van der Waals surface area contributed by atoms with E-state index < -0.39 is 55.6 Å². The van der Waals surface area contributed by atoms with Crippen molar-refractivity contribution in [1.29, 1.82) is 0 Å². The van der Waals surface area contributed by atoms with Crippen LogP contribution in [0.4, 0.5) is 0 Å². The number of nitrogens with one attached hydrogen (secondary N) is 1. The van der Waals surface area contributed by atoms with Crippen molar-refractivity contribution in [2.75, 3.05) is 13.2 Å². The van der Waals surface area contributed by atoms with Crippen LogP contribution in [-0.2, 0) is 14.3 Å². The molecule has 8 atom stereocenters. The Labute approximate surface area is 184 Å². The highest BCUT2D eigenvalue weighted by atomic mass is 16.7. The number of unbranched alkanes of at least 4 members (excludes halogenated alkanes) is 5. The van der Waals surface area contributed by atoms with E-state index in [0.717, 1.165) is 25.7 Å². The molecule has 0 aromatic heterocycles. The molecule has 10 nitrogen and oxygen atoms in total. The summed E-state index contributed by atoms with van der Waals surface area (Å²) in [7, 11) is 0. The number of amides is 1. The van der Waals surface area contributed by atoms with Gasteiger partial charge in [-0.25, -0.2) is 0 Å². The quantitative estimate of drug-likeness (QED) is 0.157. The molecule has 5 unspecified atom stereocenters. The highest BCUT2D eigenvalue weighted by Gasteiger charge is 2.44. The molecular weight excluding hydrogens is 410 g/mol. The molecule has 0 aromatic rings. The Hall–Kier alpha value is -0.850. The molecule has 10 heteroatoms. The van der Waals surface area contributed by atoms with Gasteiger partial charge >= 0.3 is 0 Å². The van der Waals surface area contributed by atoms with Crippen LogP contribution in [0.25, 0.3) is 0 Å². The molecule has 0 spiro atoms. The lowest BCUT2D eigenvalue weighted by Crippen LogP contribution is -2.60. The Morgan fingerprint density at radius 1 is 1.00 bits per heavy atom. The zero-order chi connectivity index (χ0) is 23.4. The molecule has 1 fully saturated rings. The number of aliphatic hydroxyl groups is 6. The smallest absolute Gasteiger partial charge is 0.220 e. The van der Waals surface area contributed by atoms with Crippen LogP contribution in [0.15, 0.2) is 0 Å². The van der Waals surface area contributed by atoms with Gasteiger partial charge in [0.15, 0.2) is 6.29 Å². The van der Waals surface area contributed by atoms with Crippen molar-refractivity contribution >= 4 is 5.91 Å². The first-order valence-corrected chi connectivity index (χ1v) is 11.3. The number of hydrogen-bond donors (Lipinski definition) is 7. The van der Waals surface area contributed by atoms with Gasteiger partial charge in [-0.2, -0.15) is 0 Å². The molecule has 0 radical (unpaired) electrons. The van der Waals surface area contributed by atoms with Gasteiger partial charge in [-0.1, -0.05) is 46.0 Å². The van der Waals surface area contributed by atoms with Crippen molar-refractivity contribution in [3.05, 3.63) is 0 Å². The topological polar surface area (TPSA) is 169 Å². The molecule has 1 rings (SSSR count). The Morgan fingerprint density at radius 2 is 1.65 bits per heavy atom. The molecule has 1 amide bonds. The number of hydrogen-bond acceptors (Lipinski definition) is 9. The fourth-order valence-electron chi connectivity index (χ4n) is 3.48. The van der Waals surface area contributed by atoms with Crippen molar-refractivity contribution in [3.8, 4) is 0 Å². The lowest BCUT2D eigenvalue weighted by Gasteiger charge is -2.40. The van der Waals surface area contributed by atoms with Crippen molar-refractivity contribution in [1.82, 2.24) is 5.32 Å². The summed E-state index contributed by atoms with van der Waals surface area (Å²) in [5.41, 5.74) is 0. The van der Waals surface area contributed by atoms with Gasteiger partial charge in [0.2, 0.25) is 5.91 Å². The van der Waals surface area contributed by atoms with Crippen molar-refractivity contribution in [2.45, 2.75) is 114 Å². The van der Waals surface area contributed by atoms with Crippen LogP contribution in [0, 0.1) is 0 Å². The SMILES string of the molecule is CCCCCCCCC(=O)N[C@@H](COC1OC(CO)C(O)C(O)C1O)[C@H](O)[C@H](O)CC. The van der Waals surface area contributed by atoms with Gasteiger partial charge in [0.05, 0.1) is 25.4 Å². The van der Waals surface area contributed by atoms with Crippen LogP contribution >= 0.6 is 0 Å². The number of aliphatic hydroxyl groups excluding tert-OH is 6. The maximum atomic E-state index is 12.3. The second-order valence-electron chi connectivity index (χ2n) is 8.19. The van der Waals surface area contributed by atoms with Gasteiger partial charge < -0.3 is 45.4 Å².